The van der Waals surface area contributed by atoms with E-state index >= 15 is 0 Å². The van der Waals surface area contributed by atoms with Gasteiger partial charge in [-0.25, -0.2) is 4.79 Å². The third-order valence-electron chi connectivity index (χ3n) is 3.00. The second-order valence-corrected chi connectivity index (χ2v) is 5.43. The summed E-state index contributed by atoms with van der Waals surface area (Å²) < 4.78 is 5.88. The molecule has 2 aromatic rings. The number of carbonyl (C=O) groups is 1. The molecule has 0 fully saturated rings. The van der Waals surface area contributed by atoms with Gasteiger partial charge < -0.3 is 10.1 Å². The van der Waals surface area contributed by atoms with Crippen molar-refractivity contribution < 1.29 is 9.53 Å². The maximum Gasteiger partial charge on any atom is 0.332 e. The summed E-state index contributed by atoms with van der Waals surface area (Å²) in [5.41, 5.74) is 2.90. The molecule has 0 saturated heterocycles. The number of carbonyl (C=O) groups excluding carboxylic acids is 1. The van der Waals surface area contributed by atoms with Crippen molar-refractivity contribution in [3.8, 4) is 0 Å². The fraction of sp³-hybridized carbons (Fsp3) is 0.188. The normalized spacial score (nSPS) is 11.8. The van der Waals surface area contributed by atoms with Crippen LogP contribution in [0.2, 0.25) is 0 Å². The molecule has 0 radical (unpaired) electrons. The zero-order valence-corrected chi connectivity index (χ0v) is 13.0. The predicted molar refractivity (Wildman–Crippen MR) is 83.7 cm³/mol. The van der Waals surface area contributed by atoms with Crippen molar-refractivity contribution in [3.05, 3.63) is 64.1 Å². The van der Waals surface area contributed by atoms with E-state index in [0.29, 0.717) is 0 Å². The van der Waals surface area contributed by atoms with Crippen LogP contribution in [0.3, 0.4) is 0 Å². The first-order valence-corrected chi connectivity index (χ1v) is 7.06. The monoisotopic (exact) mass is 333 g/mol. The topological polar surface area (TPSA) is 38.3 Å². The molecule has 0 aliphatic heterocycles. The van der Waals surface area contributed by atoms with E-state index in [9.17, 15) is 4.79 Å². The van der Waals surface area contributed by atoms with E-state index in [1.807, 2.05) is 55.5 Å². The Kier molecular flexibility index (Phi) is 4.79. The molecule has 0 amide bonds. The van der Waals surface area contributed by atoms with Crippen LogP contribution < -0.4 is 5.32 Å². The Morgan fingerprint density at radius 3 is 2.25 bits per heavy atom. The molecule has 2 aromatic carbocycles. The van der Waals surface area contributed by atoms with Crippen LogP contribution >= 0.6 is 15.9 Å². The average Bonchev–Trinajstić information content (AvgIpc) is 2.47. The second kappa shape index (κ2) is 6.57. The second-order valence-electron chi connectivity index (χ2n) is 4.52. The summed E-state index contributed by atoms with van der Waals surface area (Å²) >= 11 is 3.39. The third-order valence-corrected chi connectivity index (χ3v) is 3.53. The van der Waals surface area contributed by atoms with Gasteiger partial charge in [0.25, 0.3) is 0 Å². The summed E-state index contributed by atoms with van der Waals surface area (Å²) in [5, 5.41) is 3.20. The van der Waals surface area contributed by atoms with Gasteiger partial charge in [-0.2, -0.15) is 0 Å². The van der Waals surface area contributed by atoms with Gasteiger partial charge in [0.15, 0.2) is 6.04 Å². The van der Waals surface area contributed by atoms with E-state index in [1.54, 1.807) is 0 Å². The number of hydrogen-bond acceptors (Lipinski definition) is 3. The zero-order chi connectivity index (χ0) is 14.5. The van der Waals surface area contributed by atoms with Crippen molar-refractivity contribution in [1.29, 1.82) is 0 Å². The molecule has 2 rings (SSSR count). The first-order chi connectivity index (χ1) is 9.60. The highest BCUT2D eigenvalue weighted by Gasteiger charge is 2.21. The van der Waals surface area contributed by atoms with Crippen LogP contribution in [-0.2, 0) is 9.53 Å². The summed E-state index contributed by atoms with van der Waals surface area (Å²) in [6.07, 6.45) is 0. The molecule has 0 aliphatic rings. The summed E-state index contributed by atoms with van der Waals surface area (Å²) in [7, 11) is 1.40. The Morgan fingerprint density at radius 2 is 1.70 bits per heavy atom. The number of hydrogen-bond donors (Lipinski definition) is 1. The predicted octanol–water partition coefficient (Wildman–Crippen LogP) is 4.08. The van der Waals surface area contributed by atoms with Crippen molar-refractivity contribution in [3.63, 3.8) is 0 Å². The van der Waals surface area contributed by atoms with E-state index in [-0.39, 0.29) is 5.97 Å². The lowest BCUT2D eigenvalue weighted by Gasteiger charge is -2.18. The minimum atomic E-state index is -0.512. The highest BCUT2D eigenvalue weighted by atomic mass is 79.9. The fourth-order valence-corrected chi connectivity index (χ4v) is 2.13. The number of rotatable bonds is 4. The third kappa shape index (κ3) is 3.61. The minimum Gasteiger partial charge on any atom is -0.467 e. The molecular formula is C16H16BrNO2. The lowest BCUT2D eigenvalue weighted by atomic mass is 10.0. The molecule has 0 aromatic heterocycles. The summed E-state index contributed by atoms with van der Waals surface area (Å²) in [5.74, 6) is -0.309. The molecule has 0 aliphatic carbocycles. The SMILES string of the molecule is COC(=O)C(Nc1ccc(Br)cc1)c1ccc(C)cc1. The van der Waals surface area contributed by atoms with Crippen LogP contribution in [0.15, 0.2) is 53.0 Å². The van der Waals surface area contributed by atoms with Crippen LogP contribution in [0.1, 0.15) is 17.2 Å². The van der Waals surface area contributed by atoms with Gasteiger partial charge in [0.05, 0.1) is 7.11 Å². The van der Waals surface area contributed by atoms with E-state index in [2.05, 4.69) is 21.2 Å². The molecular weight excluding hydrogens is 318 g/mol. The summed E-state index contributed by atoms with van der Waals surface area (Å²) in [4.78, 5) is 12.0. The van der Waals surface area contributed by atoms with Gasteiger partial charge in [0.2, 0.25) is 0 Å². The van der Waals surface area contributed by atoms with Crippen LogP contribution in [0.25, 0.3) is 0 Å². The molecule has 0 saturated carbocycles. The Labute approximate surface area is 127 Å². The fourth-order valence-electron chi connectivity index (χ4n) is 1.87. The van der Waals surface area contributed by atoms with E-state index in [4.69, 9.17) is 4.74 Å². The molecule has 0 spiro atoms. The Hall–Kier alpha value is -1.81. The van der Waals surface area contributed by atoms with Crippen LogP contribution in [0.5, 0.6) is 0 Å². The van der Waals surface area contributed by atoms with E-state index < -0.39 is 6.04 Å². The number of aryl methyl sites for hydroxylation is 1. The van der Waals surface area contributed by atoms with Gasteiger partial charge in [-0.15, -0.1) is 0 Å². The summed E-state index contributed by atoms with van der Waals surface area (Å²) in [6.45, 7) is 2.01. The largest absolute Gasteiger partial charge is 0.467 e. The number of methoxy groups -OCH3 is 1. The van der Waals surface area contributed by atoms with Crippen LogP contribution in [0.4, 0.5) is 5.69 Å². The zero-order valence-electron chi connectivity index (χ0n) is 11.4. The van der Waals surface area contributed by atoms with Crippen LogP contribution in [0, 0.1) is 6.92 Å². The van der Waals surface area contributed by atoms with E-state index in [0.717, 1.165) is 21.3 Å². The quantitative estimate of drug-likeness (QED) is 0.856. The number of anilines is 1. The van der Waals surface area contributed by atoms with Gasteiger partial charge in [-0.1, -0.05) is 45.8 Å². The maximum atomic E-state index is 12.0. The Balaban J connectivity index is 2.26. The molecule has 1 unspecified atom stereocenters. The standard InChI is InChI=1S/C16H16BrNO2/c1-11-3-5-12(6-4-11)15(16(19)20-2)18-14-9-7-13(17)8-10-14/h3-10,15,18H,1-2H3. The lowest BCUT2D eigenvalue weighted by Crippen LogP contribution is -2.22. The van der Waals surface area contributed by atoms with Gasteiger partial charge >= 0.3 is 5.97 Å². The smallest absolute Gasteiger partial charge is 0.332 e. The van der Waals surface area contributed by atoms with Gasteiger partial charge in [0, 0.05) is 10.2 Å². The molecule has 20 heavy (non-hydrogen) atoms. The average molecular weight is 334 g/mol. The van der Waals surface area contributed by atoms with Crippen molar-refractivity contribution in [1.82, 2.24) is 0 Å². The molecule has 3 nitrogen and oxygen atoms in total. The number of nitrogens with one attached hydrogen (secondary N) is 1. The first kappa shape index (κ1) is 14.6. The molecule has 104 valence electrons. The number of esters is 1. The summed E-state index contributed by atoms with van der Waals surface area (Å²) in [6, 6.07) is 15.0. The highest BCUT2D eigenvalue weighted by Crippen LogP contribution is 2.22. The van der Waals surface area contributed by atoms with Gasteiger partial charge in [-0.3, -0.25) is 0 Å². The Morgan fingerprint density at radius 1 is 1.10 bits per heavy atom. The molecule has 0 heterocycles. The number of halogens is 1. The van der Waals surface area contributed by atoms with Gasteiger partial charge in [0.1, 0.15) is 0 Å². The minimum absolute atomic E-state index is 0.309. The highest BCUT2D eigenvalue weighted by molar-refractivity contribution is 9.10. The molecule has 4 heteroatoms. The molecule has 0 bridgehead atoms. The first-order valence-electron chi connectivity index (χ1n) is 6.26. The maximum absolute atomic E-state index is 12.0. The van der Waals surface area contributed by atoms with Crippen molar-refractivity contribution >= 4 is 27.6 Å². The molecule has 1 atom stereocenters. The van der Waals surface area contributed by atoms with Crippen molar-refractivity contribution in [2.24, 2.45) is 0 Å². The van der Waals surface area contributed by atoms with Gasteiger partial charge in [-0.05, 0) is 36.8 Å². The Bertz CT molecular complexity index is 578. The number of benzene rings is 2. The van der Waals surface area contributed by atoms with E-state index in [1.165, 1.54) is 7.11 Å². The van der Waals surface area contributed by atoms with Crippen LogP contribution in [-0.4, -0.2) is 13.1 Å². The number of ether oxygens (including phenoxy) is 1. The molecule has 1 N–H and O–H groups in total. The lowest BCUT2D eigenvalue weighted by molar-refractivity contribution is -0.141. The van der Waals surface area contributed by atoms with Crippen molar-refractivity contribution in [2.45, 2.75) is 13.0 Å². The van der Waals surface area contributed by atoms with Crippen molar-refractivity contribution in [2.75, 3.05) is 12.4 Å².